The first kappa shape index (κ1) is 25.2. The largest absolute Gasteiger partial charge is 0.493 e. The number of hydrogen-bond acceptors (Lipinski definition) is 6. The highest BCUT2D eigenvalue weighted by molar-refractivity contribution is 6.18. The number of anilines is 2. The number of allylic oxidation sites excluding steroid dienone is 4. The van der Waals surface area contributed by atoms with Crippen LogP contribution in [0.5, 0.6) is 0 Å². The van der Waals surface area contributed by atoms with Crippen LogP contribution in [0, 0.1) is 13.8 Å². The number of rotatable bonds is 7. The summed E-state index contributed by atoms with van der Waals surface area (Å²) in [6.07, 6.45) is 4.12. The molecule has 1 aliphatic carbocycles. The van der Waals surface area contributed by atoms with Crippen LogP contribution in [0.3, 0.4) is 0 Å². The van der Waals surface area contributed by atoms with Crippen molar-refractivity contribution in [2.45, 2.75) is 13.8 Å². The van der Waals surface area contributed by atoms with Crippen LogP contribution in [0.1, 0.15) is 27.2 Å². The Balaban J connectivity index is 2.00. The van der Waals surface area contributed by atoms with Crippen molar-refractivity contribution in [1.29, 1.82) is 0 Å². The minimum absolute atomic E-state index is 0.00280. The van der Waals surface area contributed by atoms with E-state index in [-0.39, 0.29) is 17.0 Å². The Labute approximate surface area is 213 Å². The van der Waals surface area contributed by atoms with Gasteiger partial charge in [-0.15, -0.1) is 0 Å². The molecule has 0 fully saturated rings. The molecule has 188 valence electrons. The number of aromatic nitrogens is 2. The van der Waals surface area contributed by atoms with Gasteiger partial charge in [0.05, 0.1) is 35.3 Å². The fourth-order valence-corrected chi connectivity index (χ4v) is 4.16. The predicted molar refractivity (Wildman–Crippen MR) is 143 cm³/mol. The van der Waals surface area contributed by atoms with Gasteiger partial charge in [-0.05, 0) is 49.3 Å². The number of benzene rings is 2. The molecule has 0 radical (unpaired) electrons. The zero-order valence-electron chi connectivity index (χ0n) is 20.6. The second-order valence-electron chi connectivity index (χ2n) is 8.23. The number of aryl methyl sites for hydroxylation is 2. The summed E-state index contributed by atoms with van der Waals surface area (Å²) in [4.78, 5) is 16.0. The SMILES string of the molecule is C=C1C=C(c2c(C)nn(-c3ccccc3C)c2Nc2ccccc2C(=O)O)C(OC)=C(F)C1=N/C=C\N. The van der Waals surface area contributed by atoms with Crippen molar-refractivity contribution in [3.05, 3.63) is 113 Å². The fraction of sp³-hybridized carbons (Fsp3) is 0.107. The third-order valence-corrected chi connectivity index (χ3v) is 5.85. The number of aromatic carboxylic acids is 1. The van der Waals surface area contributed by atoms with Gasteiger partial charge in [0.1, 0.15) is 11.5 Å². The van der Waals surface area contributed by atoms with Crippen molar-refractivity contribution in [3.8, 4) is 5.69 Å². The number of carboxylic acid groups (broad SMARTS) is 1. The molecule has 8 nitrogen and oxygen atoms in total. The standard InChI is InChI=1S/C28H26FN5O3/c1-16-9-5-8-12-22(16)34-27(32-21-11-7-6-10-19(21)28(35)36)23(18(3)33-34)20-15-17(2)25(31-14-13-30)24(29)26(20)37-4/h5-15,32H,2,30H2,1,3-4H3,(H,35,36)/b14-13-,31-25?. The Hall–Kier alpha value is -4.92. The van der Waals surface area contributed by atoms with Crippen molar-refractivity contribution in [2.24, 2.45) is 10.7 Å². The molecule has 9 heteroatoms. The molecule has 0 saturated heterocycles. The van der Waals surface area contributed by atoms with E-state index in [0.717, 1.165) is 11.3 Å². The number of carbonyl (C=O) groups is 1. The number of para-hydroxylation sites is 2. The van der Waals surface area contributed by atoms with E-state index >= 15 is 4.39 Å². The summed E-state index contributed by atoms with van der Waals surface area (Å²) < 4.78 is 22.8. The van der Waals surface area contributed by atoms with Crippen molar-refractivity contribution in [3.63, 3.8) is 0 Å². The molecule has 0 unspecified atom stereocenters. The Bertz CT molecular complexity index is 1530. The Kier molecular flexibility index (Phi) is 7.06. The molecule has 1 heterocycles. The minimum Gasteiger partial charge on any atom is -0.493 e. The summed E-state index contributed by atoms with van der Waals surface area (Å²) in [6.45, 7) is 7.69. The van der Waals surface area contributed by atoms with Gasteiger partial charge < -0.3 is 20.9 Å². The van der Waals surface area contributed by atoms with E-state index in [1.54, 1.807) is 35.9 Å². The lowest BCUT2D eigenvalue weighted by Crippen LogP contribution is -2.14. The first-order valence-corrected chi connectivity index (χ1v) is 11.3. The maximum absolute atomic E-state index is 15.6. The average Bonchev–Trinajstić information content (AvgIpc) is 3.19. The zero-order chi connectivity index (χ0) is 26.7. The lowest BCUT2D eigenvalue weighted by molar-refractivity contribution is 0.0698. The number of ether oxygens (including phenoxy) is 1. The smallest absolute Gasteiger partial charge is 0.337 e. The van der Waals surface area contributed by atoms with Crippen LogP contribution in [-0.4, -0.2) is 33.7 Å². The van der Waals surface area contributed by atoms with Gasteiger partial charge in [0, 0.05) is 18.0 Å². The van der Waals surface area contributed by atoms with E-state index in [1.165, 1.54) is 25.6 Å². The van der Waals surface area contributed by atoms with Crippen LogP contribution in [0.15, 0.2) is 95.7 Å². The summed E-state index contributed by atoms with van der Waals surface area (Å²) in [5.41, 5.74) is 9.26. The van der Waals surface area contributed by atoms with Crippen molar-refractivity contribution < 1.29 is 19.0 Å². The van der Waals surface area contributed by atoms with Gasteiger partial charge in [-0.3, -0.25) is 4.99 Å². The topological polar surface area (TPSA) is 115 Å². The second-order valence-corrected chi connectivity index (χ2v) is 8.23. The molecule has 0 amide bonds. The summed E-state index contributed by atoms with van der Waals surface area (Å²) in [5, 5.41) is 17.8. The monoisotopic (exact) mass is 499 g/mol. The van der Waals surface area contributed by atoms with E-state index < -0.39 is 11.8 Å². The molecule has 2 aromatic carbocycles. The number of nitrogens with one attached hydrogen (secondary N) is 1. The van der Waals surface area contributed by atoms with E-state index in [4.69, 9.17) is 15.6 Å². The highest BCUT2D eigenvalue weighted by atomic mass is 19.1. The van der Waals surface area contributed by atoms with Crippen molar-refractivity contribution in [2.75, 3.05) is 12.4 Å². The first-order chi connectivity index (χ1) is 17.8. The number of carboxylic acids is 1. The quantitative estimate of drug-likeness (QED) is 0.391. The van der Waals surface area contributed by atoms with Gasteiger partial charge in [-0.2, -0.15) is 5.10 Å². The number of methoxy groups -OCH3 is 1. The maximum Gasteiger partial charge on any atom is 0.337 e. The Morgan fingerprint density at radius 1 is 1.22 bits per heavy atom. The van der Waals surface area contributed by atoms with Gasteiger partial charge in [-0.1, -0.05) is 36.9 Å². The van der Waals surface area contributed by atoms with E-state index in [0.29, 0.717) is 33.9 Å². The molecule has 4 N–H and O–H groups in total. The highest BCUT2D eigenvalue weighted by Crippen LogP contribution is 2.41. The molecule has 3 aromatic rings. The molecule has 0 bridgehead atoms. The van der Waals surface area contributed by atoms with Gasteiger partial charge in [0.25, 0.3) is 0 Å². The average molecular weight is 500 g/mol. The predicted octanol–water partition coefficient (Wildman–Crippen LogP) is 5.58. The first-order valence-electron chi connectivity index (χ1n) is 11.3. The third-order valence-electron chi connectivity index (χ3n) is 5.85. The van der Waals surface area contributed by atoms with Gasteiger partial charge in [0.2, 0.25) is 0 Å². The minimum atomic E-state index is -1.09. The summed E-state index contributed by atoms with van der Waals surface area (Å²) in [7, 11) is 1.36. The molecule has 0 aliphatic heterocycles. The maximum atomic E-state index is 15.6. The van der Waals surface area contributed by atoms with E-state index in [2.05, 4.69) is 16.9 Å². The normalized spacial score (nSPS) is 14.9. The highest BCUT2D eigenvalue weighted by Gasteiger charge is 2.31. The lowest BCUT2D eigenvalue weighted by atomic mass is 9.92. The number of nitrogens with zero attached hydrogens (tertiary/aromatic N) is 3. The van der Waals surface area contributed by atoms with Crippen molar-refractivity contribution >= 4 is 28.8 Å². The number of nitrogens with two attached hydrogens (primary N) is 1. The lowest BCUT2D eigenvalue weighted by Gasteiger charge is -2.21. The zero-order valence-corrected chi connectivity index (χ0v) is 20.6. The molecule has 37 heavy (non-hydrogen) atoms. The third kappa shape index (κ3) is 4.66. The van der Waals surface area contributed by atoms with Gasteiger partial charge >= 0.3 is 5.97 Å². The van der Waals surface area contributed by atoms with Crippen LogP contribution in [0.25, 0.3) is 11.3 Å². The number of hydrogen-bond donors (Lipinski definition) is 3. The van der Waals surface area contributed by atoms with Crippen LogP contribution in [-0.2, 0) is 4.74 Å². The van der Waals surface area contributed by atoms with Crippen LogP contribution < -0.4 is 11.1 Å². The second kappa shape index (κ2) is 10.4. The Morgan fingerprint density at radius 2 is 1.92 bits per heavy atom. The molecule has 0 saturated carbocycles. The summed E-state index contributed by atoms with van der Waals surface area (Å²) >= 11 is 0. The van der Waals surface area contributed by atoms with Gasteiger partial charge in [0.15, 0.2) is 11.6 Å². The fourth-order valence-electron chi connectivity index (χ4n) is 4.16. The molecule has 1 aliphatic rings. The summed E-state index contributed by atoms with van der Waals surface area (Å²) in [5.74, 6) is -1.42. The summed E-state index contributed by atoms with van der Waals surface area (Å²) in [6, 6.07) is 14.2. The van der Waals surface area contributed by atoms with E-state index in [9.17, 15) is 9.90 Å². The van der Waals surface area contributed by atoms with E-state index in [1.807, 2.05) is 31.2 Å². The molecular weight excluding hydrogens is 473 g/mol. The van der Waals surface area contributed by atoms with Crippen molar-refractivity contribution in [1.82, 2.24) is 9.78 Å². The van der Waals surface area contributed by atoms with Crippen LogP contribution in [0.4, 0.5) is 15.9 Å². The molecule has 0 spiro atoms. The molecule has 4 rings (SSSR count). The Morgan fingerprint density at radius 3 is 2.59 bits per heavy atom. The number of aliphatic imine (C=N–C) groups is 1. The molecule has 1 aromatic heterocycles. The van der Waals surface area contributed by atoms with Gasteiger partial charge in [-0.25, -0.2) is 13.9 Å². The molecule has 0 atom stereocenters. The van der Waals surface area contributed by atoms with Crippen LogP contribution >= 0.6 is 0 Å². The van der Waals surface area contributed by atoms with Crippen LogP contribution in [0.2, 0.25) is 0 Å². The number of halogens is 1. The molecular formula is C28H26FN5O3.